The zero-order chi connectivity index (χ0) is 19.0. The molecular formula is C21H22N2O3S. The van der Waals surface area contributed by atoms with E-state index in [0.717, 1.165) is 23.2 Å². The second-order valence-electron chi connectivity index (χ2n) is 7.07. The highest BCUT2D eigenvalue weighted by Gasteiger charge is 2.34. The van der Waals surface area contributed by atoms with Crippen molar-refractivity contribution in [3.63, 3.8) is 0 Å². The lowest BCUT2D eigenvalue weighted by molar-refractivity contribution is 0.427. The average Bonchev–Trinajstić information content (AvgIpc) is 3.32. The maximum Gasteiger partial charge on any atom is 0.243 e. The Hall–Kier alpha value is -2.44. The Labute approximate surface area is 159 Å². The molecule has 1 saturated heterocycles. The number of benzene rings is 2. The van der Waals surface area contributed by atoms with Gasteiger partial charge in [0.2, 0.25) is 10.0 Å². The zero-order valence-corrected chi connectivity index (χ0v) is 16.2. The fourth-order valence-corrected chi connectivity index (χ4v) is 5.36. The van der Waals surface area contributed by atoms with E-state index in [2.05, 4.69) is 17.3 Å². The smallest absolute Gasteiger partial charge is 0.243 e. The molecule has 4 rings (SSSR count). The van der Waals surface area contributed by atoms with Crippen LogP contribution in [0.4, 0.5) is 0 Å². The number of aryl methyl sites for hydroxylation is 2. The van der Waals surface area contributed by atoms with Crippen molar-refractivity contribution >= 4 is 10.0 Å². The second kappa shape index (κ2) is 6.94. The van der Waals surface area contributed by atoms with Crippen molar-refractivity contribution in [1.82, 2.24) is 9.46 Å². The Morgan fingerprint density at radius 2 is 1.85 bits per heavy atom. The summed E-state index contributed by atoms with van der Waals surface area (Å²) in [5.41, 5.74) is 3.41. The number of hydrogen-bond acceptors (Lipinski definition) is 4. The van der Waals surface area contributed by atoms with Crippen LogP contribution in [0, 0.1) is 13.8 Å². The van der Waals surface area contributed by atoms with Crippen molar-refractivity contribution < 1.29 is 12.9 Å². The summed E-state index contributed by atoms with van der Waals surface area (Å²) in [6, 6.07) is 17.3. The van der Waals surface area contributed by atoms with Crippen molar-refractivity contribution in [2.24, 2.45) is 0 Å². The Balaban J connectivity index is 1.64. The maximum atomic E-state index is 13.3. The minimum absolute atomic E-state index is 0.237. The van der Waals surface area contributed by atoms with E-state index in [9.17, 15) is 8.42 Å². The summed E-state index contributed by atoms with van der Waals surface area (Å²) in [5, 5.41) is 3.89. The van der Waals surface area contributed by atoms with Crippen molar-refractivity contribution in [1.29, 1.82) is 0 Å². The Bertz CT molecular complexity index is 1060. The molecule has 27 heavy (non-hydrogen) atoms. The molecule has 0 bridgehead atoms. The molecule has 1 fully saturated rings. The summed E-state index contributed by atoms with van der Waals surface area (Å²) in [6.07, 6.45) is 0.837. The maximum absolute atomic E-state index is 13.3. The summed E-state index contributed by atoms with van der Waals surface area (Å²) in [7, 11) is -3.56. The van der Waals surface area contributed by atoms with E-state index in [4.69, 9.17) is 4.52 Å². The number of sulfonamides is 1. The van der Waals surface area contributed by atoms with E-state index in [0.29, 0.717) is 23.7 Å². The number of rotatable bonds is 4. The van der Waals surface area contributed by atoms with Gasteiger partial charge in [-0.15, -0.1) is 0 Å². The molecule has 2 heterocycles. The van der Waals surface area contributed by atoms with Gasteiger partial charge in [-0.1, -0.05) is 47.6 Å². The number of aromatic nitrogens is 1. The highest BCUT2D eigenvalue weighted by molar-refractivity contribution is 7.89. The summed E-state index contributed by atoms with van der Waals surface area (Å²) >= 11 is 0. The highest BCUT2D eigenvalue weighted by Crippen LogP contribution is 2.33. The average molecular weight is 382 g/mol. The van der Waals surface area contributed by atoms with Gasteiger partial charge in [0.25, 0.3) is 0 Å². The lowest BCUT2D eigenvalue weighted by Gasteiger charge is -2.18. The third-order valence-electron chi connectivity index (χ3n) is 5.14. The van der Waals surface area contributed by atoms with Crippen LogP contribution in [0.3, 0.4) is 0 Å². The molecule has 1 aliphatic heterocycles. The van der Waals surface area contributed by atoms with Crippen molar-refractivity contribution in [3.05, 3.63) is 71.4 Å². The second-order valence-corrected chi connectivity index (χ2v) is 8.98. The van der Waals surface area contributed by atoms with Gasteiger partial charge in [-0.05, 0) is 43.4 Å². The molecule has 1 aromatic heterocycles. The van der Waals surface area contributed by atoms with Gasteiger partial charge >= 0.3 is 0 Å². The lowest BCUT2D eigenvalue weighted by atomic mass is 9.99. The monoisotopic (exact) mass is 382 g/mol. The summed E-state index contributed by atoms with van der Waals surface area (Å²) in [4.78, 5) is 0.336. The molecular weight excluding hydrogens is 360 g/mol. The van der Waals surface area contributed by atoms with Gasteiger partial charge in [0.15, 0.2) is 5.76 Å². The van der Waals surface area contributed by atoms with E-state index >= 15 is 0 Å². The van der Waals surface area contributed by atoms with Gasteiger partial charge in [0, 0.05) is 24.7 Å². The highest BCUT2D eigenvalue weighted by atomic mass is 32.2. The number of hydrogen-bond donors (Lipinski definition) is 0. The third kappa shape index (κ3) is 3.42. The zero-order valence-electron chi connectivity index (χ0n) is 15.4. The molecule has 0 N–H and O–H groups in total. The van der Waals surface area contributed by atoms with E-state index in [1.165, 1.54) is 5.56 Å². The first-order chi connectivity index (χ1) is 12.9. The fourth-order valence-electron chi connectivity index (χ4n) is 3.61. The Morgan fingerprint density at radius 3 is 2.56 bits per heavy atom. The van der Waals surface area contributed by atoms with Crippen LogP contribution in [-0.4, -0.2) is 31.0 Å². The molecule has 2 aromatic carbocycles. The minimum atomic E-state index is -3.56. The molecule has 1 aliphatic rings. The van der Waals surface area contributed by atoms with Crippen LogP contribution in [0.2, 0.25) is 0 Å². The first-order valence-electron chi connectivity index (χ1n) is 9.04. The van der Waals surface area contributed by atoms with Crippen LogP contribution >= 0.6 is 0 Å². The van der Waals surface area contributed by atoms with Gasteiger partial charge in [0.05, 0.1) is 10.6 Å². The minimum Gasteiger partial charge on any atom is -0.356 e. The quantitative estimate of drug-likeness (QED) is 0.680. The van der Waals surface area contributed by atoms with Crippen LogP contribution in [0.15, 0.2) is 64.0 Å². The first-order valence-corrected chi connectivity index (χ1v) is 10.5. The molecule has 5 nitrogen and oxygen atoms in total. The van der Waals surface area contributed by atoms with Crippen LogP contribution in [-0.2, 0) is 10.0 Å². The van der Waals surface area contributed by atoms with Gasteiger partial charge in [-0.2, -0.15) is 4.31 Å². The molecule has 0 saturated carbocycles. The standard InChI is InChI=1S/C21H22N2O3S/c1-15-8-9-18(20-12-16(2)22-26-20)13-21(15)27(24,25)23-11-10-19(14-23)17-6-4-3-5-7-17/h3-9,12-13,19H,10-11,14H2,1-2H3/t19-/m0/s1. The molecule has 1 atom stereocenters. The van der Waals surface area contributed by atoms with Crippen LogP contribution in [0.5, 0.6) is 0 Å². The van der Waals surface area contributed by atoms with Crippen LogP contribution in [0.25, 0.3) is 11.3 Å². The molecule has 140 valence electrons. The van der Waals surface area contributed by atoms with Gasteiger partial charge in [-0.25, -0.2) is 8.42 Å². The topological polar surface area (TPSA) is 63.4 Å². The van der Waals surface area contributed by atoms with Crippen LogP contribution in [0.1, 0.15) is 29.2 Å². The molecule has 0 unspecified atom stereocenters. The SMILES string of the molecule is Cc1cc(-c2ccc(C)c(S(=O)(=O)N3CC[C@H](c4ccccc4)C3)c2)on1. The first kappa shape index (κ1) is 17.9. The molecule has 0 spiro atoms. The molecule has 0 aliphatic carbocycles. The van der Waals surface area contributed by atoms with Gasteiger partial charge in [-0.3, -0.25) is 0 Å². The summed E-state index contributed by atoms with van der Waals surface area (Å²) < 4.78 is 33.5. The summed E-state index contributed by atoms with van der Waals surface area (Å²) in [5.74, 6) is 0.814. The van der Waals surface area contributed by atoms with E-state index in [1.54, 1.807) is 10.4 Å². The Morgan fingerprint density at radius 1 is 1.07 bits per heavy atom. The predicted molar refractivity (Wildman–Crippen MR) is 104 cm³/mol. The lowest BCUT2D eigenvalue weighted by Crippen LogP contribution is -2.29. The van der Waals surface area contributed by atoms with E-state index < -0.39 is 10.0 Å². The van der Waals surface area contributed by atoms with Crippen molar-refractivity contribution in [2.45, 2.75) is 31.1 Å². The Kier molecular flexibility index (Phi) is 4.61. The molecule has 0 radical (unpaired) electrons. The van der Waals surface area contributed by atoms with Crippen molar-refractivity contribution in [3.8, 4) is 11.3 Å². The predicted octanol–water partition coefficient (Wildman–Crippen LogP) is 4.14. The molecule has 3 aromatic rings. The third-order valence-corrected chi connectivity index (χ3v) is 7.15. The molecule has 0 amide bonds. The largest absolute Gasteiger partial charge is 0.356 e. The number of nitrogens with zero attached hydrogens (tertiary/aromatic N) is 2. The molecule has 6 heteroatoms. The normalized spacial score (nSPS) is 18.1. The van der Waals surface area contributed by atoms with Crippen LogP contribution < -0.4 is 0 Å². The van der Waals surface area contributed by atoms with E-state index in [1.807, 2.05) is 50.2 Å². The van der Waals surface area contributed by atoms with Gasteiger partial charge < -0.3 is 4.52 Å². The van der Waals surface area contributed by atoms with Gasteiger partial charge in [0.1, 0.15) is 0 Å². The van der Waals surface area contributed by atoms with E-state index in [-0.39, 0.29) is 5.92 Å². The fraction of sp³-hybridized carbons (Fsp3) is 0.286. The van der Waals surface area contributed by atoms with Crippen molar-refractivity contribution in [2.75, 3.05) is 13.1 Å². The summed E-state index contributed by atoms with van der Waals surface area (Å²) in [6.45, 7) is 4.71.